The van der Waals surface area contributed by atoms with Crippen LogP contribution in [0.15, 0.2) is 36.5 Å². The Morgan fingerprint density at radius 2 is 1.86 bits per heavy atom. The molecule has 0 radical (unpaired) electrons. The Labute approximate surface area is 211 Å². The number of hydrogen-bond acceptors (Lipinski definition) is 6. The number of aryl methyl sites for hydroxylation is 1. The minimum Gasteiger partial charge on any atom is -0.495 e. The molecule has 2 fully saturated rings. The molecular weight excluding hydrogens is 459 g/mol. The molecule has 1 saturated heterocycles. The zero-order valence-corrected chi connectivity index (χ0v) is 21.0. The predicted molar refractivity (Wildman–Crippen MR) is 136 cm³/mol. The van der Waals surface area contributed by atoms with Gasteiger partial charge in [-0.15, -0.1) is 5.10 Å². The van der Waals surface area contributed by atoms with Gasteiger partial charge in [-0.1, -0.05) is 19.3 Å². The molecule has 0 atom stereocenters. The minimum absolute atomic E-state index is 0.0633. The highest BCUT2D eigenvalue weighted by molar-refractivity contribution is 5.76. The van der Waals surface area contributed by atoms with E-state index in [1.54, 1.807) is 26.3 Å². The summed E-state index contributed by atoms with van der Waals surface area (Å²) in [5.74, 6) is 1.66. The van der Waals surface area contributed by atoms with Gasteiger partial charge in [0.2, 0.25) is 5.91 Å². The molecule has 190 valence electrons. The van der Waals surface area contributed by atoms with Gasteiger partial charge in [-0.3, -0.25) is 9.48 Å². The number of aromatic nitrogens is 4. The van der Waals surface area contributed by atoms with Gasteiger partial charge >= 0.3 is 0 Å². The van der Waals surface area contributed by atoms with E-state index in [1.165, 1.54) is 25.3 Å². The van der Waals surface area contributed by atoms with E-state index in [2.05, 4.69) is 21.2 Å². The van der Waals surface area contributed by atoms with Crippen molar-refractivity contribution in [3.8, 4) is 17.0 Å². The number of piperazine rings is 1. The Balaban J connectivity index is 1.31. The maximum Gasteiger partial charge on any atom is 0.244 e. The molecule has 8 nitrogen and oxygen atoms in total. The number of carbonyl (C=O) groups excluding carboxylic acids is 1. The van der Waals surface area contributed by atoms with Crippen molar-refractivity contribution in [3.63, 3.8) is 0 Å². The van der Waals surface area contributed by atoms with Gasteiger partial charge in [0.1, 0.15) is 18.1 Å². The standard InChI is InChI=1S/C27H33FN6O2/c1-19-14-21(8-9-23(19)28)24-16-25(20-6-4-3-5-7-20)34(31-24)18-27(35)33-12-10-32(11-13-33)26-15-22(36-2)17-29-30-26/h8-9,14-17,20H,3-7,10-13,18H2,1-2H3. The normalized spacial score (nSPS) is 16.9. The van der Waals surface area contributed by atoms with Crippen LogP contribution in [0.1, 0.15) is 49.3 Å². The Morgan fingerprint density at radius 1 is 1.08 bits per heavy atom. The fraction of sp³-hybridized carbons (Fsp3) is 0.481. The Hall–Kier alpha value is -3.49. The first-order valence-corrected chi connectivity index (χ1v) is 12.8. The molecule has 0 unspecified atom stereocenters. The third-order valence-corrected chi connectivity index (χ3v) is 7.38. The highest BCUT2D eigenvalue weighted by Crippen LogP contribution is 2.35. The van der Waals surface area contributed by atoms with Gasteiger partial charge in [0.15, 0.2) is 5.82 Å². The van der Waals surface area contributed by atoms with Crippen LogP contribution in [0, 0.1) is 12.7 Å². The minimum atomic E-state index is -0.222. The lowest BCUT2D eigenvalue weighted by Crippen LogP contribution is -2.50. The molecule has 1 aliphatic carbocycles. The summed E-state index contributed by atoms with van der Waals surface area (Å²) in [7, 11) is 1.61. The second kappa shape index (κ2) is 10.6. The Morgan fingerprint density at radius 3 is 2.58 bits per heavy atom. The van der Waals surface area contributed by atoms with Crippen LogP contribution in [0.3, 0.4) is 0 Å². The third kappa shape index (κ3) is 5.20. The van der Waals surface area contributed by atoms with Crippen LogP contribution in [-0.2, 0) is 11.3 Å². The summed E-state index contributed by atoms with van der Waals surface area (Å²) in [6.45, 7) is 4.57. The molecule has 1 amide bonds. The van der Waals surface area contributed by atoms with E-state index >= 15 is 0 Å². The zero-order valence-electron chi connectivity index (χ0n) is 21.0. The SMILES string of the molecule is COc1cnnc(N2CCN(C(=O)Cn3nc(-c4ccc(F)c(C)c4)cc3C3CCCCC3)CC2)c1. The fourth-order valence-electron chi connectivity index (χ4n) is 5.25. The molecule has 3 aromatic rings. The number of carbonyl (C=O) groups is 1. The maximum atomic E-state index is 13.8. The van der Waals surface area contributed by atoms with E-state index in [0.29, 0.717) is 43.4 Å². The van der Waals surface area contributed by atoms with Gasteiger partial charge in [-0.2, -0.15) is 10.2 Å². The fourth-order valence-corrected chi connectivity index (χ4v) is 5.25. The lowest BCUT2D eigenvalue weighted by Gasteiger charge is -2.35. The van der Waals surface area contributed by atoms with Crippen molar-refractivity contribution >= 4 is 11.7 Å². The second-order valence-corrected chi connectivity index (χ2v) is 9.73. The summed E-state index contributed by atoms with van der Waals surface area (Å²) in [4.78, 5) is 17.4. The highest BCUT2D eigenvalue weighted by atomic mass is 19.1. The first-order chi connectivity index (χ1) is 17.5. The summed E-state index contributed by atoms with van der Waals surface area (Å²) < 4.78 is 21.0. The monoisotopic (exact) mass is 492 g/mol. The average Bonchev–Trinajstić information content (AvgIpc) is 3.34. The molecule has 36 heavy (non-hydrogen) atoms. The van der Waals surface area contributed by atoms with Crippen molar-refractivity contribution in [1.82, 2.24) is 24.9 Å². The maximum absolute atomic E-state index is 13.8. The number of methoxy groups -OCH3 is 1. The zero-order chi connectivity index (χ0) is 25.1. The van der Waals surface area contributed by atoms with Crippen LogP contribution in [0.4, 0.5) is 10.2 Å². The van der Waals surface area contributed by atoms with Crippen molar-refractivity contribution in [3.05, 3.63) is 53.6 Å². The summed E-state index contributed by atoms with van der Waals surface area (Å²) in [6, 6.07) is 9.05. The van der Waals surface area contributed by atoms with E-state index in [9.17, 15) is 9.18 Å². The van der Waals surface area contributed by atoms with E-state index < -0.39 is 0 Å². The number of amides is 1. The summed E-state index contributed by atoms with van der Waals surface area (Å²) in [5.41, 5.74) is 3.39. The lowest BCUT2D eigenvalue weighted by molar-refractivity contribution is -0.132. The molecule has 2 aliphatic rings. The highest BCUT2D eigenvalue weighted by Gasteiger charge is 2.26. The largest absolute Gasteiger partial charge is 0.495 e. The predicted octanol–water partition coefficient (Wildman–Crippen LogP) is 4.19. The molecule has 0 bridgehead atoms. The summed E-state index contributed by atoms with van der Waals surface area (Å²) in [6.07, 6.45) is 7.46. The van der Waals surface area contributed by atoms with Crippen LogP contribution in [0.5, 0.6) is 5.75 Å². The molecule has 5 rings (SSSR count). The Bertz CT molecular complexity index is 1210. The smallest absolute Gasteiger partial charge is 0.244 e. The van der Waals surface area contributed by atoms with Crippen molar-refractivity contribution in [2.75, 3.05) is 38.2 Å². The molecule has 9 heteroatoms. The third-order valence-electron chi connectivity index (χ3n) is 7.38. The van der Waals surface area contributed by atoms with Crippen molar-refractivity contribution in [2.45, 2.75) is 51.5 Å². The van der Waals surface area contributed by atoms with Gasteiger partial charge in [0.05, 0.1) is 19.0 Å². The molecule has 2 aromatic heterocycles. The summed E-state index contributed by atoms with van der Waals surface area (Å²) in [5, 5.41) is 13.1. The molecule has 1 saturated carbocycles. The average molecular weight is 493 g/mol. The van der Waals surface area contributed by atoms with Crippen molar-refractivity contribution < 1.29 is 13.9 Å². The Kier molecular flexibility index (Phi) is 7.16. The van der Waals surface area contributed by atoms with E-state index in [4.69, 9.17) is 9.84 Å². The number of benzene rings is 1. The van der Waals surface area contributed by atoms with Crippen LogP contribution < -0.4 is 9.64 Å². The lowest BCUT2D eigenvalue weighted by atomic mass is 9.86. The topological polar surface area (TPSA) is 76.4 Å². The van der Waals surface area contributed by atoms with Crippen molar-refractivity contribution in [1.29, 1.82) is 0 Å². The molecule has 1 aliphatic heterocycles. The van der Waals surface area contributed by atoms with Crippen LogP contribution in [0.25, 0.3) is 11.3 Å². The van der Waals surface area contributed by atoms with Gasteiger partial charge < -0.3 is 14.5 Å². The van der Waals surface area contributed by atoms with Gasteiger partial charge in [-0.05, 0) is 49.6 Å². The van der Waals surface area contributed by atoms with Crippen LogP contribution in [0.2, 0.25) is 0 Å². The summed E-state index contributed by atoms with van der Waals surface area (Å²) >= 11 is 0. The van der Waals surface area contributed by atoms with Crippen LogP contribution in [-0.4, -0.2) is 64.1 Å². The van der Waals surface area contributed by atoms with Crippen molar-refractivity contribution in [2.24, 2.45) is 0 Å². The van der Waals surface area contributed by atoms with Gasteiger partial charge in [0.25, 0.3) is 0 Å². The first kappa shape index (κ1) is 24.2. The van der Waals surface area contributed by atoms with Gasteiger partial charge in [-0.25, -0.2) is 4.39 Å². The van der Waals surface area contributed by atoms with E-state index in [0.717, 1.165) is 35.6 Å². The molecular formula is C27H33FN6O2. The number of halogens is 1. The number of anilines is 1. The number of ether oxygens (including phenoxy) is 1. The second-order valence-electron chi connectivity index (χ2n) is 9.73. The van der Waals surface area contributed by atoms with E-state index in [-0.39, 0.29) is 18.3 Å². The number of hydrogen-bond donors (Lipinski definition) is 0. The first-order valence-electron chi connectivity index (χ1n) is 12.8. The van der Waals surface area contributed by atoms with Crippen LogP contribution >= 0.6 is 0 Å². The quantitative estimate of drug-likeness (QED) is 0.514. The molecule has 1 aromatic carbocycles. The van der Waals surface area contributed by atoms with E-state index in [1.807, 2.05) is 21.7 Å². The molecule has 0 N–H and O–H groups in total. The number of rotatable bonds is 6. The number of nitrogens with zero attached hydrogens (tertiary/aromatic N) is 6. The van der Waals surface area contributed by atoms with Gasteiger partial charge in [0, 0.05) is 49.4 Å². The molecule has 0 spiro atoms. The molecule has 3 heterocycles.